The number of carbonyl (C=O) groups excluding carboxylic acids is 1. The van der Waals surface area contributed by atoms with Crippen LogP contribution in [0.4, 0.5) is 16.3 Å². The summed E-state index contributed by atoms with van der Waals surface area (Å²) in [7, 11) is 1.55. The van der Waals surface area contributed by atoms with E-state index in [1.807, 2.05) is 30.3 Å². The number of nitriles is 1. The smallest absolute Gasteiger partial charge is 0.319 e. The summed E-state index contributed by atoms with van der Waals surface area (Å²) in [6.07, 6.45) is 1.60. The summed E-state index contributed by atoms with van der Waals surface area (Å²) >= 11 is 0. The number of furan rings is 1. The molecular formula is C22H19N5O3. The molecule has 2 amide bonds. The summed E-state index contributed by atoms with van der Waals surface area (Å²) in [6, 6.07) is 16.4. The maximum Gasteiger partial charge on any atom is 0.319 e. The number of urea groups is 1. The van der Waals surface area contributed by atoms with Crippen LogP contribution in [0.3, 0.4) is 0 Å². The van der Waals surface area contributed by atoms with Crippen LogP contribution in [0.25, 0.3) is 21.9 Å². The molecule has 0 radical (unpaired) electrons. The lowest BCUT2D eigenvalue weighted by Gasteiger charge is -2.12. The van der Waals surface area contributed by atoms with Crippen LogP contribution in [0.2, 0.25) is 0 Å². The summed E-state index contributed by atoms with van der Waals surface area (Å²) in [6.45, 7) is 0.751. The van der Waals surface area contributed by atoms with Gasteiger partial charge in [0.1, 0.15) is 28.8 Å². The van der Waals surface area contributed by atoms with Crippen molar-refractivity contribution < 1.29 is 13.9 Å². The van der Waals surface area contributed by atoms with E-state index in [2.05, 4.69) is 27.0 Å². The van der Waals surface area contributed by atoms with Gasteiger partial charge in [-0.15, -0.1) is 0 Å². The van der Waals surface area contributed by atoms with Gasteiger partial charge < -0.3 is 25.1 Å². The highest BCUT2D eigenvalue weighted by molar-refractivity contribution is 6.07. The molecule has 4 rings (SSSR count). The van der Waals surface area contributed by atoms with Gasteiger partial charge in [-0.1, -0.05) is 18.2 Å². The van der Waals surface area contributed by atoms with Crippen LogP contribution in [0.15, 0.2) is 59.1 Å². The number of carbonyl (C=O) groups is 1. The number of para-hydroxylation sites is 1. The molecule has 0 spiro atoms. The molecule has 0 fully saturated rings. The number of hydrogen-bond acceptors (Lipinski definition) is 6. The molecule has 3 N–H and O–H groups in total. The Labute approximate surface area is 172 Å². The molecule has 150 valence electrons. The van der Waals surface area contributed by atoms with Crippen molar-refractivity contribution in [3.05, 3.63) is 60.3 Å². The molecule has 0 aliphatic heterocycles. The highest BCUT2D eigenvalue weighted by Gasteiger charge is 2.14. The van der Waals surface area contributed by atoms with Gasteiger partial charge >= 0.3 is 6.03 Å². The first-order valence-electron chi connectivity index (χ1n) is 9.32. The molecule has 0 bridgehead atoms. The number of methoxy groups -OCH3 is 1. The molecule has 2 heterocycles. The van der Waals surface area contributed by atoms with E-state index < -0.39 is 0 Å². The van der Waals surface area contributed by atoms with Crippen LogP contribution < -0.4 is 20.7 Å². The Morgan fingerprint density at radius 3 is 2.83 bits per heavy atom. The van der Waals surface area contributed by atoms with Crippen LogP contribution in [0.5, 0.6) is 5.75 Å². The summed E-state index contributed by atoms with van der Waals surface area (Å²) in [5.41, 5.74) is 2.39. The predicted molar refractivity (Wildman–Crippen MR) is 115 cm³/mol. The Balaban J connectivity index is 1.41. The van der Waals surface area contributed by atoms with Crippen molar-refractivity contribution >= 4 is 39.5 Å². The number of aromatic nitrogens is 1. The number of fused-ring (bicyclic) bond motifs is 3. The largest absolute Gasteiger partial charge is 0.495 e. The summed E-state index contributed by atoms with van der Waals surface area (Å²) in [5.74, 6) is 1.02. The van der Waals surface area contributed by atoms with Gasteiger partial charge in [-0.05, 0) is 24.3 Å². The minimum absolute atomic E-state index is 0.336. The van der Waals surface area contributed by atoms with Gasteiger partial charge in [-0.3, -0.25) is 0 Å². The van der Waals surface area contributed by atoms with Gasteiger partial charge in [-0.2, -0.15) is 5.26 Å². The lowest BCUT2D eigenvalue weighted by molar-refractivity contribution is 0.252. The van der Waals surface area contributed by atoms with E-state index in [4.69, 9.17) is 14.4 Å². The highest BCUT2D eigenvalue weighted by Crippen LogP contribution is 2.36. The van der Waals surface area contributed by atoms with Crippen LogP contribution in [-0.4, -0.2) is 31.2 Å². The lowest BCUT2D eigenvalue weighted by Crippen LogP contribution is -2.32. The van der Waals surface area contributed by atoms with Gasteiger partial charge in [0.25, 0.3) is 0 Å². The van der Waals surface area contributed by atoms with E-state index in [1.165, 1.54) is 0 Å². The fourth-order valence-corrected chi connectivity index (χ4v) is 3.18. The topological polar surface area (TPSA) is 112 Å². The Morgan fingerprint density at radius 2 is 2.00 bits per heavy atom. The number of nitrogens with zero attached hydrogens (tertiary/aromatic N) is 2. The van der Waals surface area contributed by atoms with Crippen molar-refractivity contribution in [3.63, 3.8) is 0 Å². The third-order valence-corrected chi connectivity index (χ3v) is 4.58. The van der Waals surface area contributed by atoms with Crippen molar-refractivity contribution in [3.8, 4) is 11.8 Å². The first-order valence-corrected chi connectivity index (χ1v) is 9.32. The van der Waals surface area contributed by atoms with Crippen molar-refractivity contribution in [2.24, 2.45) is 0 Å². The molecule has 0 aliphatic rings. The second-order valence-electron chi connectivity index (χ2n) is 6.47. The van der Waals surface area contributed by atoms with Gasteiger partial charge in [0, 0.05) is 36.1 Å². The number of nitrogens with one attached hydrogen (secondary N) is 3. The Morgan fingerprint density at radius 1 is 1.13 bits per heavy atom. The fraction of sp³-hybridized carbons (Fsp3) is 0.136. The average Bonchev–Trinajstić information content (AvgIpc) is 3.13. The van der Waals surface area contributed by atoms with E-state index in [-0.39, 0.29) is 6.03 Å². The molecule has 0 saturated heterocycles. The van der Waals surface area contributed by atoms with E-state index in [0.29, 0.717) is 41.5 Å². The van der Waals surface area contributed by atoms with Gasteiger partial charge in [0.15, 0.2) is 0 Å². The molecule has 30 heavy (non-hydrogen) atoms. The average molecular weight is 401 g/mol. The molecule has 2 aromatic heterocycles. The Bertz CT molecular complexity index is 1260. The maximum absolute atomic E-state index is 12.3. The van der Waals surface area contributed by atoms with Crippen molar-refractivity contribution in [2.75, 3.05) is 30.8 Å². The molecule has 2 aromatic carbocycles. The third kappa shape index (κ3) is 3.82. The SMILES string of the molecule is COc1cc2c(cc1NC(=O)NCCNc1ncccc1C#N)oc1ccccc12. The van der Waals surface area contributed by atoms with Crippen molar-refractivity contribution in [1.29, 1.82) is 5.26 Å². The van der Waals surface area contributed by atoms with Gasteiger partial charge in [0.05, 0.1) is 18.4 Å². The summed E-state index contributed by atoms with van der Waals surface area (Å²) in [5, 5.41) is 19.5. The minimum Gasteiger partial charge on any atom is -0.495 e. The highest BCUT2D eigenvalue weighted by atomic mass is 16.5. The maximum atomic E-state index is 12.3. The molecule has 0 aliphatic carbocycles. The van der Waals surface area contributed by atoms with Crippen LogP contribution >= 0.6 is 0 Å². The van der Waals surface area contributed by atoms with Crippen molar-refractivity contribution in [2.45, 2.75) is 0 Å². The Hall–Kier alpha value is -4.25. The first kappa shape index (κ1) is 19.1. The molecule has 0 atom stereocenters. The molecule has 0 unspecified atom stereocenters. The molecule has 0 saturated carbocycles. The molecule has 8 heteroatoms. The van der Waals surface area contributed by atoms with Crippen LogP contribution in [-0.2, 0) is 0 Å². The monoisotopic (exact) mass is 401 g/mol. The van der Waals surface area contributed by atoms with Crippen LogP contribution in [0, 0.1) is 11.3 Å². The van der Waals surface area contributed by atoms with Crippen LogP contribution in [0.1, 0.15) is 5.56 Å². The predicted octanol–water partition coefficient (Wildman–Crippen LogP) is 4.09. The van der Waals surface area contributed by atoms with E-state index in [0.717, 1.165) is 16.4 Å². The van der Waals surface area contributed by atoms with Gasteiger partial charge in [-0.25, -0.2) is 9.78 Å². The number of rotatable bonds is 6. The number of benzene rings is 2. The summed E-state index contributed by atoms with van der Waals surface area (Å²) < 4.78 is 11.3. The standard InChI is InChI=1S/C22H19N5O3/c1-29-20-11-16-15-6-2-3-7-18(15)30-19(16)12-17(20)27-22(28)26-10-9-25-21-14(13-23)5-4-8-24-21/h2-8,11-12H,9-10H2,1H3,(H,24,25)(H2,26,27,28). The second kappa shape index (κ2) is 8.41. The number of amides is 2. The third-order valence-electron chi connectivity index (χ3n) is 4.58. The molecular weight excluding hydrogens is 382 g/mol. The first-order chi connectivity index (χ1) is 14.7. The zero-order chi connectivity index (χ0) is 20.9. The number of pyridine rings is 1. The Kier molecular flexibility index (Phi) is 5.35. The molecule has 4 aromatic rings. The zero-order valence-corrected chi connectivity index (χ0v) is 16.2. The summed E-state index contributed by atoms with van der Waals surface area (Å²) in [4.78, 5) is 16.4. The van der Waals surface area contributed by atoms with E-state index in [1.54, 1.807) is 31.5 Å². The fourth-order valence-electron chi connectivity index (χ4n) is 3.18. The molecule has 8 nitrogen and oxygen atoms in total. The van der Waals surface area contributed by atoms with Crippen molar-refractivity contribution in [1.82, 2.24) is 10.3 Å². The van der Waals surface area contributed by atoms with E-state index in [9.17, 15) is 4.79 Å². The lowest BCUT2D eigenvalue weighted by atomic mass is 10.1. The normalized spacial score (nSPS) is 10.5. The number of ether oxygens (including phenoxy) is 1. The minimum atomic E-state index is -0.382. The second-order valence-corrected chi connectivity index (χ2v) is 6.47. The zero-order valence-electron chi connectivity index (χ0n) is 16.2. The van der Waals surface area contributed by atoms with E-state index >= 15 is 0 Å². The van der Waals surface area contributed by atoms with Gasteiger partial charge in [0.2, 0.25) is 0 Å². The quantitative estimate of drug-likeness (QED) is 0.420. The number of hydrogen-bond donors (Lipinski definition) is 3. The number of anilines is 2.